The summed E-state index contributed by atoms with van der Waals surface area (Å²) in [4.78, 5) is 35.1. The van der Waals surface area contributed by atoms with Crippen LogP contribution in [0.5, 0.6) is 5.75 Å². The van der Waals surface area contributed by atoms with Gasteiger partial charge in [-0.1, -0.05) is 30.3 Å². The minimum atomic E-state index is -0.580. The molecule has 2 N–H and O–H groups in total. The highest BCUT2D eigenvalue weighted by Gasteiger charge is 2.10. The van der Waals surface area contributed by atoms with Gasteiger partial charge in [0.1, 0.15) is 12.3 Å². The Morgan fingerprint density at radius 2 is 1.67 bits per heavy atom. The molecule has 0 saturated heterocycles. The summed E-state index contributed by atoms with van der Waals surface area (Å²) in [6.45, 7) is 1.40. The van der Waals surface area contributed by atoms with Crippen LogP contribution in [0.1, 0.15) is 15.9 Å². The lowest BCUT2D eigenvalue weighted by molar-refractivity contribution is -0.135. The molecule has 2 rings (SSSR count). The van der Waals surface area contributed by atoms with Crippen LogP contribution in [0.15, 0.2) is 54.6 Å². The quantitative estimate of drug-likeness (QED) is 0.621. The van der Waals surface area contributed by atoms with Crippen LogP contribution in [0.2, 0.25) is 0 Å². The summed E-state index contributed by atoms with van der Waals surface area (Å²) in [5.74, 6) is -0.983. The van der Waals surface area contributed by atoms with Gasteiger partial charge in [0.2, 0.25) is 5.91 Å². The molecule has 0 unspecified atom stereocenters. The number of aryl methyl sites for hydroxylation is 1. The Morgan fingerprint density at radius 1 is 0.917 bits per heavy atom. The first-order valence-electron chi connectivity index (χ1n) is 7.42. The lowest BCUT2D eigenvalue weighted by Crippen LogP contribution is -2.39. The van der Waals surface area contributed by atoms with Crippen molar-refractivity contribution in [3.05, 3.63) is 65.7 Å². The van der Waals surface area contributed by atoms with Gasteiger partial charge in [-0.3, -0.25) is 9.59 Å². The highest BCUT2D eigenvalue weighted by atomic mass is 16.5. The maximum atomic E-state index is 11.8. The second kappa shape index (κ2) is 8.47. The fourth-order valence-electron chi connectivity index (χ4n) is 1.93. The second-order valence-corrected chi connectivity index (χ2v) is 5.12. The second-order valence-electron chi connectivity index (χ2n) is 5.12. The lowest BCUT2D eigenvalue weighted by Gasteiger charge is -2.08. The smallest absolute Gasteiger partial charge is 0.330 e. The van der Waals surface area contributed by atoms with Crippen molar-refractivity contribution >= 4 is 17.8 Å². The van der Waals surface area contributed by atoms with Crippen molar-refractivity contribution < 1.29 is 19.1 Å². The molecule has 6 heteroatoms. The largest absolute Gasteiger partial charge is 0.425 e. The van der Waals surface area contributed by atoms with E-state index in [2.05, 4.69) is 10.6 Å². The summed E-state index contributed by atoms with van der Waals surface area (Å²) >= 11 is 0. The number of benzene rings is 2. The molecule has 124 valence electrons. The van der Waals surface area contributed by atoms with Crippen LogP contribution < -0.4 is 15.4 Å². The molecule has 0 saturated carbocycles. The van der Waals surface area contributed by atoms with Crippen molar-refractivity contribution in [2.75, 3.05) is 13.1 Å². The average Bonchev–Trinajstić information content (AvgIpc) is 2.58. The van der Waals surface area contributed by atoms with E-state index in [1.54, 1.807) is 48.5 Å². The van der Waals surface area contributed by atoms with Crippen molar-refractivity contribution in [2.24, 2.45) is 0 Å². The molecule has 0 aliphatic carbocycles. The Balaban J connectivity index is 1.71. The molecule has 0 aromatic heterocycles. The fourth-order valence-corrected chi connectivity index (χ4v) is 1.93. The first kappa shape index (κ1) is 17.2. The van der Waals surface area contributed by atoms with Crippen molar-refractivity contribution in [1.29, 1.82) is 0 Å². The lowest BCUT2D eigenvalue weighted by atomic mass is 10.2. The number of rotatable bonds is 6. The molecule has 0 atom stereocenters. The van der Waals surface area contributed by atoms with Crippen LogP contribution in [0.25, 0.3) is 0 Å². The summed E-state index contributed by atoms with van der Waals surface area (Å²) < 4.78 is 5.10. The van der Waals surface area contributed by atoms with Crippen molar-refractivity contribution in [2.45, 2.75) is 6.92 Å². The molecular weight excluding hydrogens is 308 g/mol. The Labute approximate surface area is 139 Å². The van der Waals surface area contributed by atoms with E-state index in [0.29, 0.717) is 11.3 Å². The van der Waals surface area contributed by atoms with Gasteiger partial charge in [0.05, 0.1) is 6.54 Å². The van der Waals surface area contributed by atoms with Gasteiger partial charge < -0.3 is 15.4 Å². The van der Waals surface area contributed by atoms with Gasteiger partial charge in [-0.05, 0) is 36.8 Å². The van der Waals surface area contributed by atoms with E-state index in [-0.39, 0.29) is 19.0 Å². The van der Waals surface area contributed by atoms with Crippen LogP contribution in [0, 0.1) is 6.92 Å². The summed E-state index contributed by atoms with van der Waals surface area (Å²) in [6.07, 6.45) is 0. The van der Waals surface area contributed by atoms with Crippen LogP contribution >= 0.6 is 0 Å². The third-order valence-electron chi connectivity index (χ3n) is 3.10. The first-order valence-corrected chi connectivity index (χ1v) is 7.42. The fraction of sp³-hybridized carbons (Fsp3) is 0.167. The molecule has 24 heavy (non-hydrogen) atoms. The normalized spacial score (nSPS) is 9.88. The highest BCUT2D eigenvalue weighted by molar-refractivity contribution is 5.96. The molecule has 0 bridgehead atoms. The zero-order chi connectivity index (χ0) is 17.4. The van der Waals surface area contributed by atoms with Crippen LogP contribution in [-0.4, -0.2) is 30.9 Å². The summed E-state index contributed by atoms with van der Waals surface area (Å²) in [7, 11) is 0. The third kappa shape index (κ3) is 5.57. The molecule has 0 aliphatic heterocycles. The van der Waals surface area contributed by atoms with Gasteiger partial charge in [0.25, 0.3) is 5.91 Å². The van der Waals surface area contributed by atoms with Gasteiger partial charge in [-0.15, -0.1) is 0 Å². The molecule has 2 amide bonds. The molecule has 0 fully saturated rings. The number of ether oxygens (including phenoxy) is 1. The van der Waals surface area contributed by atoms with Crippen LogP contribution in [0.4, 0.5) is 0 Å². The Morgan fingerprint density at radius 3 is 2.38 bits per heavy atom. The molecule has 2 aromatic rings. The van der Waals surface area contributed by atoms with Gasteiger partial charge in [-0.25, -0.2) is 4.79 Å². The minimum Gasteiger partial charge on any atom is -0.425 e. The van der Waals surface area contributed by atoms with Gasteiger partial charge in [-0.2, -0.15) is 0 Å². The van der Waals surface area contributed by atoms with Crippen molar-refractivity contribution in [3.63, 3.8) is 0 Å². The van der Waals surface area contributed by atoms with E-state index >= 15 is 0 Å². The number of hydrogen-bond donors (Lipinski definition) is 2. The Hall–Kier alpha value is -3.15. The molecule has 0 spiro atoms. The van der Waals surface area contributed by atoms with E-state index < -0.39 is 11.9 Å². The minimum absolute atomic E-state index is 0.217. The predicted molar refractivity (Wildman–Crippen MR) is 88.6 cm³/mol. The molecular formula is C18H18N2O4. The molecule has 6 nitrogen and oxygen atoms in total. The average molecular weight is 326 g/mol. The monoisotopic (exact) mass is 326 g/mol. The standard InChI is InChI=1S/C18H18N2O4/c1-13-6-5-9-15(10-13)24-17(22)12-19-16(21)11-20-18(23)14-7-3-2-4-8-14/h2-10H,11-12H2,1H3,(H,19,21)(H,20,23). The maximum absolute atomic E-state index is 11.8. The number of carbonyl (C=O) groups excluding carboxylic acids is 3. The molecule has 0 aliphatic rings. The number of hydrogen-bond acceptors (Lipinski definition) is 4. The third-order valence-corrected chi connectivity index (χ3v) is 3.10. The summed E-state index contributed by atoms with van der Waals surface area (Å²) in [5.41, 5.74) is 1.43. The zero-order valence-electron chi connectivity index (χ0n) is 13.2. The van der Waals surface area contributed by atoms with Gasteiger partial charge >= 0.3 is 5.97 Å². The van der Waals surface area contributed by atoms with Gasteiger partial charge in [0, 0.05) is 5.56 Å². The number of nitrogens with one attached hydrogen (secondary N) is 2. The predicted octanol–water partition coefficient (Wildman–Crippen LogP) is 1.45. The van der Waals surface area contributed by atoms with Crippen molar-refractivity contribution in [1.82, 2.24) is 10.6 Å². The highest BCUT2D eigenvalue weighted by Crippen LogP contribution is 2.12. The molecule has 0 heterocycles. The Bertz CT molecular complexity index is 729. The topological polar surface area (TPSA) is 84.5 Å². The van der Waals surface area contributed by atoms with Crippen LogP contribution in [0.3, 0.4) is 0 Å². The number of carbonyl (C=O) groups is 3. The Kier molecular flexibility index (Phi) is 6.08. The molecule has 2 aromatic carbocycles. The summed E-state index contributed by atoms with van der Waals surface area (Å²) in [6, 6.07) is 15.6. The van der Waals surface area contributed by atoms with E-state index in [1.165, 1.54) is 0 Å². The summed E-state index contributed by atoms with van der Waals surface area (Å²) in [5, 5.41) is 4.87. The first-order chi connectivity index (χ1) is 11.5. The van der Waals surface area contributed by atoms with E-state index in [9.17, 15) is 14.4 Å². The number of amides is 2. The SMILES string of the molecule is Cc1cccc(OC(=O)CNC(=O)CNC(=O)c2ccccc2)c1. The van der Waals surface area contributed by atoms with Gasteiger partial charge in [0.15, 0.2) is 0 Å². The van der Waals surface area contributed by atoms with Crippen molar-refractivity contribution in [3.8, 4) is 5.75 Å². The van der Waals surface area contributed by atoms with Crippen LogP contribution in [-0.2, 0) is 9.59 Å². The van der Waals surface area contributed by atoms with E-state index in [0.717, 1.165) is 5.56 Å². The number of esters is 1. The molecule has 0 radical (unpaired) electrons. The zero-order valence-corrected chi connectivity index (χ0v) is 13.2. The van der Waals surface area contributed by atoms with E-state index in [4.69, 9.17) is 4.74 Å². The maximum Gasteiger partial charge on any atom is 0.330 e. The van der Waals surface area contributed by atoms with E-state index in [1.807, 2.05) is 13.0 Å².